The van der Waals surface area contributed by atoms with Gasteiger partial charge in [-0.25, -0.2) is 0 Å². The summed E-state index contributed by atoms with van der Waals surface area (Å²) in [6.45, 7) is 6.74. The van der Waals surface area contributed by atoms with Gasteiger partial charge in [0.1, 0.15) is 0 Å². The van der Waals surface area contributed by atoms with Crippen molar-refractivity contribution in [2.75, 3.05) is 19.6 Å². The van der Waals surface area contributed by atoms with Crippen LogP contribution >= 0.6 is 0 Å². The van der Waals surface area contributed by atoms with Crippen LogP contribution in [0.3, 0.4) is 0 Å². The molecule has 0 aromatic heterocycles. The van der Waals surface area contributed by atoms with Gasteiger partial charge in [-0.15, -0.1) is 0 Å². The summed E-state index contributed by atoms with van der Waals surface area (Å²) in [5, 5.41) is 15.1. The van der Waals surface area contributed by atoms with Crippen molar-refractivity contribution in [3.05, 3.63) is 11.6 Å². The average Bonchev–Trinajstić information content (AvgIpc) is 2.08. The summed E-state index contributed by atoms with van der Waals surface area (Å²) >= 11 is 0. The molecule has 0 spiro atoms. The molecule has 1 aliphatic heterocycles. The maximum atomic E-state index is 7.71. The van der Waals surface area contributed by atoms with Gasteiger partial charge >= 0.3 is 0 Å². The second-order valence-electron chi connectivity index (χ2n) is 3.45. The fourth-order valence-electron chi connectivity index (χ4n) is 1.51. The molecule has 0 aliphatic carbocycles. The van der Waals surface area contributed by atoms with Crippen LogP contribution in [-0.4, -0.2) is 36.0 Å². The molecule has 72 valence electrons. The van der Waals surface area contributed by atoms with Gasteiger partial charge in [-0.2, -0.15) is 0 Å². The van der Waals surface area contributed by atoms with Gasteiger partial charge in [0, 0.05) is 30.9 Å². The molecule has 0 radical (unpaired) electrons. The van der Waals surface area contributed by atoms with Gasteiger partial charge in [-0.3, -0.25) is 4.90 Å². The topological polar surface area (TPSA) is 50.9 Å². The molecule has 0 saturated carbocycles. The molecular weight excluding hydrogens is 162 g/mol. The predicted octanol–water partition coefficient (Wildman–Crippen LogP) is 1.70. The highest BCUT2D eigenvalue weighted by Crippen LogP contribution is 2.11. The highest BCUT2D eigenvalue weighted by Gasteiger charge is 2.16. The van der Waals surface area contributed by atoms with Gasteiger partial charge < -0.3 is 10.8 Å². The van der Waals surface area contributed by atoms with Gasteiger partial charge in [0.25, 0.3) is 0 Å². The Labute approximate surface area is 79.5 Å². The van der Waals surface area contributed by atoms with E-state index >= 15 is 0 Å². The van der Waals surface area contributed by atoms with Gasteiger partial charge in [-0.05, 0) is 25.1 Å². The highest BCUT2D eigenvalue weighted by atomic mass is 15.1. The van der Waals surface area contributed by atoms with Crippen molar-refractivity contribution >= 4 is 11.4 Å². The molecule has 1 fully saturated rings. The maximum Gasteiger partial charge on any atom is 0.0372 e. The summed E-state index contributed by atoms with van der Waals surface area (Å²) in [5.41, 5.74) is 2.26. The molecule has 3 heteroatoms. The van der Waals surface area contributed by atoms with Crippen LogP contribution in [0.4, 0.5) is 0 Å². The molecule has 13 heavy (non-hydrogen) atoms. The second-order valence-corrected chi connectivity index (χ2v) is 3.45. The van der Waals surface area contributed by atoms with Crippen molar-refractivity contribution in [3.63, 3.8) is 0 Å². The first-order valence-corrected chi connectivity index (χ1v) is 4.69. The van der Waals surface area contributed by atoms with Crippen LogP contribution in [0.2, 0.25) is 0 Å². The molecule has 0 aromatic rings. The minimum atomic E-state index is 0.540. The molecule has 1 aliphatic rings. The lowest BCUT2D eigenvalue weighted by molar-refractivity contribution is 0.314. The van der Waals surface area contributed by atoms with Crippen molar-refractivity contribution in [3.8, 4) is 0 Å². The lowest BCUT2D eigenvalue weighted by Crippen LogP contribution is -2.35. The standard InChI is InChI=1S/C10H17N3/c1-3-13-5-4-10(12)9(7-13)6-8(2)11/h6,11-12H,3-5,7H2,1-2H3/b9-6-,11-8?,12-10?. The van der Waals surface area contributed by atoms with E-state index in [1.54, 1.807) is 6.92 Å². The number of piperidine rings is 1. The van der Waals surface area contributed by atoms with E-state index in [2.05, 4.69) is 11.8 Å². The fraction of sp³-hybridized carbons (Fsp3) is 0.600. The third-order valence-electron chi connectivity index (χ3n) is 2.30. The monoisotopic (exact) mass is 179 g/mol. The van der Waals surface area contributed by atoms with Crippen LogP contribution in [0, 0.1) is 10.8 Å². The van der Waals surface area contributed by atoms with Crippen LogP contribution in [0.1, 0.15) is 20.3 Å². The summed E-state index contributed by atoms with van der Waals surface area (Å²) in [7, 11) is 0. The second kappa shape index (κ2) is 4.33. The first kappa shape index (κ1) is 10.1. The number of nitrogens with one attached hydrogen (secondary N) is 2. The molecule has 2 N–H and O–H groups in total. The first-order valence-electron chi connectivity index (χ1n) is 4.69. The zero-order chi connectivity index (χ0) is 9.84. The molecular formula is C10H17N3. The lowest BCUT2D eigenvalue weighted by Gasteiger charge is -2.27. The zero-order valence-electron chi connectivity index (χ0n) is 8.35. The van der Waals surface area contributed by atoms with Crippen LogP contribution in [0.5, 0.6) is 0 Å². The Kier molecular flexibility index (Phi) is 3.37. The number of likely N-dealkylation sites (tertiary alicyclic amines) is 1. The average molecular weight is 179 g/mol. The quantitative estimate of drug-likeness (QED) is 0.623. The molecule has 3 nitrogen and oxygen atoms in total. The molecule has 1 heterocycles. The van der Waals surface area contributed by atoms with E-state index in [0.717, 1.165) is 31.6 Å². The Morgan fingerprint density at radius 3 is 2.85 bits per heavy atom. The molecule has 0 amide bonds. The van der Waals surface area contributed by atoms with Crippen molar-refractivity contribution < 1.29 is 0 Å². The molecule has 0 bridgehead atoms. The van der Waals surface area contributed by atoms with Crippen LogP contribution in [-0.2, 0) is 0 Å². The Hall–Kier alpha value is -0.960. The molecule has 1 rings (SSSR count). The Morgan fingerprint density at radius 2 is 2.31 bits per heavy atom. The Morgan fingerprint density at radius 1 is 1.62 bits per heavy atom. The van der Waals surface area contributed by atoms with Crippen molar-refractivity contribution in [2.45, 2.75) is 20.3 Å². The number of allylic oxidation sites excluding steroid dienone is 1. The van der Waals surface area contributed by atoms with E-state index in [9.17, 15) is 0 Å². The van der Waals surface area contributed by atoms with Gasteiger partial charge in [-0.1, -0.05) is 6.92 Å². The van der Waals surface area contributed by atoms with Gasteiger partial charge in [0.2, 0.25) is 0 Å². The van der Waals surface area contributed by atoms with E-state index in [4.69, 9.17) is 10.8 Å². The number of rotatable bonds is 2. The predicted molar refractivity (Wildman–Crippen MR) is 55.9 cm³/mol. The SMILES string of the molecule is CCN1CCC(=N)/C(=C\C(C)=N)C1. The molecule has 1 saturated heterocycles. The van der Waals surface area contributed by atoms with E-state index < -0.39 is 0 Å². The van der Waals surface area contributed by atoms with Crippen molar-refractivity contribution in [2.24, 2.45) is 0 Å². The minimum Gasteiger partial charge on any atom is -0.306 e. The number of likely N-dealkylation sites (N-methyl/N-ethyl adjacent to an activating group) is 1. The van der Waals surface area contributed by atoms with E-state index in [-0.39, 0.29) is 0 Å². The van der Waals surface area contributed by atoms with Crippen LogP contribution < -0.4 is 0 Å². The summed E-state index contributed by atoms with van der Waals surface area (Å²) in [4.78, 5) is 2.30. The number of nitrogens with zero attached hydrogens (tertiary/aromatic N) is 1. The van der Waals surface area contributed by atoms with Gasteiger partial charge in [0.05, 0.1) is 0 Å². The normalized spacial score (nSPS) is 22.3. The van der Waals surface area contributed by atoms with E-state index in [0.29, 0.717) is 11.4 Å². The van der Waals surface area contributed by atoms with Crippen molar-refractivity contribution in [1.29, 1.82) is 10.8 Å². The number of hydrogen-bond donors (Lipinski definition) is 2. The third kappa shape index (κ3) is 2.77. The van der Waals surface area contributed by atoms with Gasteiger partial charge in [0.15, 0.2) is 0 Å². The molecule has 0 unspecified atom stereocenters. The summed E-state index contributed by atoms with van der Waals surface area (Å²) in [6.07, 6.45) is 2.64. The highest BCUT2D eigenvalue weighted by molar-refractivity contribution is 6.05. The fourth-order valence-corrected chi connectivity index (χ4v) is 1.51. The van der Waals surface area contributed by atoms with Crippen molar-refractivity contribution in [1.82, 2.24) is 4.90 Å². The Bertz CT molecular complexity index is 253. The minimum absolute atomic E-state index is 0.540. The smallest absolute Gasteiger partial charge is 0.0372 e. The Balaban J connectivity index is 2.71. The lowest BCUT2D eigenvalue weighted by atomic mass is 10.0. The summed E-state index contributed by atoms with van der Waals surface area (Å²) in [5.74, 6) is 0. The first-order chi connectivity index (χ1) is 6.13. The number of hydrogen-bond acceptors (Lipinski definition) is 3. The summed E-state index contributed by atoms with van der Waals surface area (Å²) in [6, 6.07) is 0. The maximum absolute atomic E-state index is 7.71. The largest absolute Gasteiger partial charge is 0.306 e. The van der Waals surface area contributed by atoms with E-state index in [1.807, 2.05) is 6.08 Å². The van der Waals surface area contributed by atoms with Crippen LogP contribution in [0.25, 0.3) is 0 Å². The molecule has 0 aromatic carbocycles. The van der Waals surface area contributed by atoms with Crippen LogP contribution in [0.15, 0.2) is 11.6 Å². The van der Waals surface area contributed by atoms with E-state index in [1.165, 1.54) is 0 Å². The summed E-state index contributed by atoms with van der Waals surface area (Å²) < 4.78 is 0. The zero-order valence-corrected chi connectivity index (χ0v) is 8.35. The third-order valence-corrected chi connectivity index (χ3v) is 2.30. The molecule has 0 atom stereocenters.